The molecule has 1 aliphatic heterocycles. The maximum atomic E-state index is 3.89. The molecule has 0 saturated carbocycles. The standard InChI is InChI=1S/C7H11PS/c1-7-3-2-4-8(7)5-6-9/h7,9H,2-4H2,1H3. The van der Waals surface area contributed by atoms with Gasteiger partial charge in [-0.1, -0.05) is 25.2 Å². The summed E-state index contributed by atoms with van der Waals surface area (Å²) in [4.78, 5) is 0. The maximum Gasteiger partial charge on any atom is -0.0126 e. The van der Waals surface area contributed by atoms with Gasteiger partial charge in [-0.05, 0) is 37.8 Å². The van der Waals surface area contributed by atoms with E-state index in [-0.39, 0.29) is 7.92 Å². The third-order valence-corrected chi connectivity index (χ3v) is 4.55. The van der Waals surface area contributed by atoms with Crippen molar-refractivity contribution in [3.05, 3.63) is 0 Å². The van der Waals surface area contributed by atoms with Crippen molar-refractivity contribution in [3.63, 3.8) is 0 Å². The van der Waals surface area contributed by atoms with Crippen LogP contribution in [-0.2, 0) is 0 Å². The lowest BCUT2D eigenvalue weighted by molar-refractivity contribution is 0.836. The second-order valence-corrected chi connectivity index (χ2v) is 5.12. The first-order valence-corrected chi connectivity index (χ1v) is 5.30. The highest BCUT2D eigenvalue weighted by Crippen LogP contribution is 2.48. The van der Waals surface area contributed by atoms with Gasteiger partial charge >= 0.3 is 0 Å². The minimum atomic E-state index is 0.0561. The summed E-state index contributed by atoms with van der Waals surface area (Å²) in [7, 11) is 0.0561. The molecular weight excluding hydrogens is 147 g/mol. The molecule has 0 aliphatic carbocycles. The van der Waals surface area contributed by atoms with Gasteiger partial charge in [-0.3, -0.25) is 0 Å². The van der Waals surface area contributed by atoms with Gasteiger partial charge in [-0.25, -0.2) is 0 Å². The van der Waals surface area contributed by atoms with Crippen LogP contribution in [0.4, 0.5) is 0 Å². The minimum Gasteiger partial charge on any atom is -0.0918 e. The highest BCUT2D eigenvalue weighted by atomic mass is 32.1. The van der Waals surface area contributed by atoms with E-state index in [9.17, 15) is 0 Å². The molecule has 0 radical (unpaired) electrons. The van der Waals surface area contributed by atoms with Crippen molar-refractivity contribution in [1.29, 1.82) is 0 Å². The molecule has 1 fully saturated rings. The summed E-state index contributed by atoms with van der Waals surface area (Å²) >= 11 is 3.89. The van der Waals surface area contributed by atoms with Crippen molar-refractivity contribution in [2.75, 3.05) is 6.16 Å². The number of thiol groups is 1. The lowest BCUT2D eigenvalue weighted by Gasteiger charge is -2.05. The first kappa shape index (κ1) is 7.45. The van der Waals surface area contributed by atoms with E-state index in [0.717, 1.165) is 5.66 Å². The van der Waals surface area contributed by atoms with E-state index in [0.29, 0.717) is 0 Å². The van der Waals surface area contributed by atoms with Crippen molar-refractivity contribution >= 4 is 20.6 Å². The van der Waals surface area contributed by atoms with Crippen LogP contribution in [0.3, 0.4) is 0 Å². The summed E-state index contributed by atoms with van der Waals surface area (Å²) in [5, 5.41) is 2.71. The van der Waals surface area contributed by atoms with Gasteiger partial charge in [-0.15, -0.1) is 0 Å². The Bertz CT molecular complexity index is 145. The Kier molecular flexibility index (Phi) is 2.89. The van der Waals surface area contributed by atoms with Gasteiger partial charge in [0.2, 0.25) is 0 Å². The molecule has 0 amide bonds. The SMILES string of the molecule is CC1CCCP1C#CS. The predicted octanol–water partition coefficient (Wildman–Crippen LogP) is 2.50. The first-order chi connectivity index (χ1) is 4.34. The Morgan fingerprint density at radius 1 is 1.67 bits per heavy atom. The second-order valence-electron chi connectivity index (χ2n) is 2.41. The number of rotatable bonds is 0. The molecule has 0 aromatic carbocycles. The molecule has 0 N–H and O–H groups in total. The fourth-order valence-electron chi connectivity index (χ4n) is 1.16. The lowest BCUT2D eigenvalue weighted by atomic mass is 10.3. The summed E-state index contributed by atoms with van der Waals surface area (Å²) in [5.41, 5.74) is 4.05. The molecule has 0 bridgehead atoms. The van der Waals surface area contributed by atoms with Crippen molar-refractivity contribution in [3.8, 4) is 10.9 Å². The molecular formula is C7H11PS. The average molecular weight is 158 g/mol. The monoisotopic (exact) mass is 158 g/mol. The van der Waals surface area contributed by atoms with Crippen LogP contribution >= 0.6 is 20.6 Å². The normalized spacial score (nSPS) is 33.6. The minimum absolute atomic E-state index is 0.0561. The van der Waals surface area contributed by atoms with E-state index in [1.54, 1.807) is 0 Å². The Balaban J connectivity index is 2.46. The van der Waals surface area contributed by atoms with Crippen LogP contribution in [0.1, 0.15) is 19.8 Å². The Labute approximate surface area is 63.6 Å². The highest BCUT2D eigenvalue weighted by molar-refractivity contribution is 7.85. The molecule has 1 aliphatic rings. The number of hydrogen-bond acceptors (Lipinski definition) is 1. The van der Waals surface area contributed by atoms with E-state index >= 15 is 0 Å². The molecule has 1 saturated heterocycles. The van der Waals surface area contributed by atoms with Crippen molar-refractivity contribution in [2.45, 2.75) is 25.4 Å². The zero-order valence-corrected chi connectivity index (χ0v) is 7.38. The third-order valence-electron chi connectivity index (χ3n) is 1.75. The van der Waals surface area contributed by atoms with Gasteiger partial charge in [-0.2, -0.15) is 0 Å². The number of hydrogen-bond donors (Lipinski definition) is 1. The third kappa shape index (κ3) is 1.88. The molecule has 0 nitrogen and oxygen atoms in total. The van der Waals surface area contributed by atoms with Gasteiger partial charge < -0.3 is 0 Å². The zero-order valence-electron chi connectivity index (χ0n) is 5.59. The zero-order chi connectivity index (χ0) is 6.69. The molecule has 2 unspecified atom stereocenters. The van der Waals surface area contributed by atoms with Crippen LogP contribution in [-0.4, -0.2) is 11.8 Å². The van der Waals surface area contributed by atoms with E-state index in [1.165, 1.54) is 19.0 Å². The van der Waals surface area contributed by atoms with Crippen LogP contribution in [0.2, 0.25) is 0 Å². The van der Waals surface area contributed by atoms with Crippen LogP contribution in [0.25, 0.3) is 0 Å². The van der Waals surface area contributed by atoms with E-state index in [4.69, 9.17) is 0 Å². The average Bonchev–Trinajstić information content (AvgIpc) is 2.18. The molecule has 0 spiro atoms. The summed E-state index contributed by atoms with van der Waals surface area (Å²) in [6.07, 6.45) is 4.12. The van der Waals surface area contributed by atoms with E-state index in [1.807, 2.05) is 0 Å². The molecule has 50 valence electrons. The van der Waals surface area contributed by atoms with Crippen LogP contribution in [0, 0.1) is 10.9 Å². The van der Waals surface area contributed by atoms with Gasteiger partial charge in [0, 0.05) is 0 Å². The smallest absolute Gasteiger partial charge is 0.0126 e. The second kappa shape index (κ2) is 3.49. The Morgan fingerprint density at radius 2 is 2.44 bits per heavy atom. The quantitative estimate of drug-likeness (QED) is 0.312. The van der Waals surface area contributed by atoms with Crippen LogP contribution < -0.4 is 0 Å². The summed E-state index contributed by atoms with van der Waals surface area (Å²) in [6, 6.07) is 0. The Hall–Kier alpha value is 0.340. The fourth-order valence-corrected chi connectivity index (χ4v) is 3.47. The van der Waals surface area contributed by atoms with Gasteiger partial charge in [0.1, 0.15) is 0 Å². The Morgan fingerprint density at radius 3 is 2.89 bits per heavy atom. The first-order valence-electron chi connectivity index (χ1n) is 3.26. The van der Waals surface area contributed by atoms with Crippen molar-refractivity contribution < 1.29 is 0 Å². The van der Waals surface area contributed by atoms with Gasteiger partial charge in [0.15, 0.2) is 0 Å². The van der Waals surface area contributed by atoms with Crippen molar-refractivity contribution in [2.24, 2.45) is 0 Å². The molecule has 0 aromatic heterocycles. The molecule has 1 heterocycles. The molecule has 2 heteroatoms. The molecule has 9 heavy (non-hydrogen) atoms. The van der Waals surface area contributed by atoms with Crippen molar-refractivity contribution in [1.82, 2.24) is 0 Å². The highest BCUT2D eigenvalue weighted by Gasteiger charge is 2.20. The fraction of sp³-hybridized carbons (Fsp3) is 0.714. The largest absolute Gasteiger partial charge is 0.0918 e. The predicted molar refractivity (Wildman–Crippen MR) is 47.2 cm³/mol. The lowest BCUT2D eigenvalue weighted by Crippen LogP contribution is -1.87. The molecule has 2 atom stereocenters. The summed E-state index contributed by atoms with van der Waals surface area (Å²) in [6.45, 7) is 2.30. The van der Waals surface area contributed by atoms with E-state index < -0.39 is 0 Å². The van der Waals surface area contributed by atoms with Gasteiger partial charge in [0.05, 0.1) is 0 Å². The molecule has 1 rings (SSSR count). The van der Waals surface area contributed by atoms with Gasteiger partial charge in [0.25, 0.3) is 0 Å². The summed E-state index contributed by atoms with van der Waals surface area (Å²) in [5.74, 6) is 0. The maximum absolute atomic E-state index is 3.89. The topological polar surface area (TPSA) is 0 Å². The molecule has 0 aromatic rings. The van der Waals surface area contributed by atoms with Crippen LogP contribution in [0.15, 0.2) is 0 Å². The van der Waals surface area contributed by atoms with Crippen LogP contribution in [0.5, 0.6) is 0 Å². The summed E-state index contributed by atoms with van der Waals surface area (Å²) < 4.78 is 0. The van der Waals surface area contributed by atoms with E-state index in [2.05, 4.69) is 30.5 Å².